The van der Waals surface area contributed by atoms with Crippen molar-refractivity contribution < 1.29 is 28.8 Å². The molecule has 1 heterocycles. The van der Waals surface area contributed by atoms with Gasteiger partial charge in [0.2, 0.25) is 0 Å². The van der Waals surface area contributed by atoms with Crippen molar-refractivity contribution in [1.82, 2.24) is 9.96 Å². The number of nitrogens with one attached hydrogen (secondary N) is 1. The van der Waals surface area contributed by atoms with E-state index in [-0.39, 0.29) is 12.8 Å². The summed E-state index contributed by atoms with van der Waals surface area (Å²) in [6, 6.07) is 5.99. The van der Waals surface area contributed by atoms with Crippen LogP contribution in [-0.2, 0) is 19.2 Å². The smallest absolute Gasteiger partial charge is 0.436 e. The summed E-state index contributed by atoms with van der Waals surface area (Å²) in [6.45, 7) is 6.82. The lowest BCUT2D eigenvalue weighted by Crippen LogP contribution is -2.33. The van der Waals surface area contributed by atoms with Crippen molar-refractivity contribution in [2.24, 2.45) is 0 Å². The topological polar surface area (TPSA) is 105 Å². The van der Waals surface area contributed by atoms with Crippen LogP contribution in [0.4, 0.5) is 10.5 Å². The van der Waals surface area contributed by atoms with E-state index < -0.39 is 23.9 Å². The van der Waals surface area contributed by atoms with Gasteiger partial charge in [0.15, 0.2) is 0 Å². The Balaban J connectivity index is 1.82. The van der Waals surface area contributed by atoms with Crippen molar-refractivity contribution in [3.63, 3.8) is 0 Å². The van der Waals surface area contributed by atoms with Crippen LogP contribution in [-0.4, -0.2) is 60.1 Å². The van der Waals surface area contributed by atoms with Gasteiger partial charge < -0.3 is 14.5 Å². The molecule has 0 radical (unpaired) electrons. The second kappa shape index (κ2) is 9.67. The molecule has 3 amide bonds. The molecule has 27 heavy (non-hydrogen) atoms. The lowest BCUT2D eigenvalue weighted by molar-refractivity contribution is -0.170. The van der Waals surface area contributed by atoms with E-state index in [9.17, 15) is 19.2 Å². The van der Waals surface area contributed by atoms with Crippen LogP contribution in [0.3, 0.4) is 0 Å². The Morgan fingerprint density at radius 2 is 1.67 bits per heavy atom. The van der Waals surface area contributed by atoms with Gasteiger partial charge in [0, 0.05) is 25.1 Å². The number of carbonyl (C=O) groups is 4. The van der Waals surface area contributed by atoms with Crippen LogP contribution in [0, 0.1) is 0 Å². The van der Waals surface area contributed by atoms with Crippen LogP contribution >= 0.6 is 0 Å². The summed E-state index contributed by atoms with van der Waals surface area (Å²) in [7, 11) is 0. The fourth-order valence-corrected chi connectivity index (χ4v) is 2.46. The summed E-state index contributed by atoms with van der Waals surface area (Å²) in [6.07, 6.45) is -0.915. The third-order valence-corrected chi connectivity index (χ3v) is 4.08. The van der Waals surface area contributed by atoms with Gasteiger partial charge in [0.25, 0.3) is 11.8 Å². The zero-order valence-corrected chi connectivity index (χ0v) is 15.4. The summed E-state index contributed by atoms with van der Waals surface area (Å²) >= 11 is 0. The van der Waals surface area contributed by atoms with Crippen LogP contribution in [0.2, 0.25) is 0 Å². The molecule has 0 aromatic heterocycles. The van der Waals surface area contributed by atoms with E-state index in [1.807, 2.05) is 13.8 Å². The first kappa shape index (κ1) is 20.4. The maximum absolute atomic E-state index is 12.0. The first-order valence-electron chi connectivity index (χ1n) is 8.78. The van der Waals surface area contributed by atoms with E-state index in [2.05, 4.69) is 10.2 Å². The molecule has 2 rings (SSSR count). The molecule has 146 valence electrons. The molecular weight excluding hydrogens is 354 g/mol. The number of likely N-dealkylation sites (N-methyl/N-ethyl adjacent to an activating group) is 1. The summed E-state index contributed by atoms with van der Waals surface area (Å²) in [5, 5.41) is 2.84. The minimum atomic E-state index is -0.965. The molecule has 0 spiro atoms. The summed E-state index contributed by atoms with van der Waals surface area (Å²) in [4.78, 5) is 53.4. The van der Waals surface area contributed by atoms with E-state index in [0.717, 1.165) is 13.1 Å². The number of ether oxygens (including phenoxy) is 1. The summed E-state index contributed by atoms with van der Waals surface area (Å²) < 4.78 is 5.22. The predicted octanol–water partition coefficient (Wildman–Crippen LogP) is 1.80. The highest BCUT2D eigenvalue weighted by atomic mass is 16.7. The molecule has 1 aromatic rings. The van der Waals surface area contributed by atoms with Crippen molar-refractivity contribution in [2.75, 3.05) is 31.6 Å². The number of nitrogens with zero attached hydrogens (tertiary/aromatic N) is 2. The monoisotopic (exact) mass is 377 g/mol. The van der Waals surface area contributed by atoms with E-state index >= 15 is 0 Å². The molecule has 0 bridgehead atoms. The second-order valence-corrected chi connectivity index (χ2v) is 5.83. The third-order valence-electron chi connectivity index (χ3n) is 4.08. The van der Waals surface area contributed by atoms with Gasteiger partial charge in [-0.15, -0.1) is 5.06 Å². The third kappa shape index (κ3) is 5.78. The van der Waals surface area contributed by atoms with Gasteiger partial charge in [-0.25, -0.2) is 9.59 Å². The van der Waals surface area contributed by atoms with E-state index in [1.165, 1.54) is 24.3 Å². The first-order chi connectivity index (χ1) is 12.9. The maximum atomic E-state index is 12.0. The zero-order valence-electron chi connectivity index (χ0n) is 15.4. The average molecular weight is 377 g/mol. The molecule has 1 aliphatic heterocycles. The van der Waals surface area contributed by atoms with Crippen molar-refractivity contribution in [2.45, 2.75) is 26.7 Å². The van der Waals surface area contributed by atoms with Gasteiger partial charge in [0.1, 0.15) is 6.61 Å². The quantitative estimate of drug-likeness (QED) is 0.544. The first-order valence-corrected chi connectivity index (χ1v) is 8.78. The lowest BCUT2D eigenvalue weighted by atomic mass is 10.2. The van der Waals surface area contributed by atoms with Crippen molar-refractivity contribution in [1.29, 1.82) is 0 Å². The maximum Gasteiger partial charge on any atom is 0.436 e. The van der Waals surface area contributed by atoms with Gasteiger partial charge in [0.05, 0.1) is 5.56 Å². The van der Waals surface area contributed by atoms with Crippen LogP contribution < -0.4 is 5.32 Å². The largest absolute Gasteiger partial charge is 0.461 e. The van der Waals surface area contributed by atoms with E-state index in [4.69, 9.17) is 9.57 Å². The highest BCUT2D eigenvalue weighted by Crippen LogP contribution is 2.14. The predicted molar refractivity (Wildman–Crippen MR) is 95.7 cm³/mol. The van der Waals surface area contributed by atoms with Gasteiger partial charge >= 0.3 is 12.1 Å². The van der Waals surface area contributed by atoms with Crippen LogP contribution in [0.25, 0.3) is 0 Å². The zero-order chi connectivity index (χ0) is 19.8. The molecular formula is C18H23N3O6. The normalized spacial score (nSPS) is 13.8. The highest BCUT2D eigenvalue weighted by Gasteiger charge is 2.32. The minimum Gasteiger partial charge on any atom is -0.461 e. The molecule has 1 saturated heterocycles. The number of hydroxylamine groups is 2. The lowest BCUT2D eigenvalue weighted by Gasteiger charge is -2.17. The van der Waals surface area contributed by atoms with Crippen LogP contribution in [0.15, 0.2) is 24.3 Å². The molecule has 1 N–H and O–H groups in total. The number of imide groups is 1. The van der Waals surface area contributed by atoms with E-state index in [1.54, 1.807) is 0 Å². The molecule has 1 aromatic carbocycles. The Morgan fingerprint density at radius 1 is 1.07 bits per heavy atom. The molecule has 9 heteroatoms. The Morgan fingerprint density at radius 3 is 2.22 bits per heavy atom. The molecule has 0 unspecified atom stereocenters. The summed E-state index contributed by atoms with van der Waals surface area (Å²) in [5.41, 5.74) is 0.692. The Bertz CT molecular complexity index is 684. The molecule has 0 atom stereocenters. The van der Waals surface area contributed by atoms with Crippen LogP contribution in [0.5, 0.6) is 0 Å². The number of hydrogen-bond donors (Lipinski definition) is 1. The molecule has 1 fully saturated rings. The van der Waals surface area contributed by atoms with Crippen molar-refractivity contribution in [3.05, 3.63) is 29.8 Å². The number of amides is 3. The van der Waals surface area contributed by atoms with Gasteiger partial charge in [-0.05, 0) is 37.4 Å². The molecule has 9 nitrogen and oxygen atoms in total. The average Bonchev–Trinajstić information content (AvgIpc) is 2.97. The van der Waals surface area contributed by atoms with Gasteiger partial charge in [-0.1, -0.05) is 13.8 Å². The Hall–Kier alpha value is -2.94. The fourth-order valence-electron chi connectivity index (χ4n) is 2.46. The fraction of sp³-hybridized carbons (Fsp3) is 0.444. The Labute approximate surface area is 157 Å². The number of anilines is 1. The van der Waals surface area contributed by atoms with Gasteiger partial charge in [-0.3, -0.25) is 14.9 Å². The molecule has 1 aliphatic rings. The SMILES string of the molecule is CCN(CC)CCOC(=O)c1ccc(NC(=O)ON2C(=O)CCC2=O)cc1. The van der Waals surface area contributed by atoms with Crippen LogP contribution in [0.1, 0.15) is 37.0 Å². The standard InChI is InChI=1S/C18H23N3O6/c1-3-20(4-2)11-12-26-17(24)13-5-7-14(8-6-13)19-18(25)27-21-15(22)9-10-16(21)23/h5-8H,3-4,9-12H2,1-2H3,(H,19,25). The highest BCUT2D eigenvalue weighted by molar-refractivity contribution is 6.02. The number of carbonyl (C=O) groups excluding carboxylic acids is 4. The number of benzene rings is 1. The minimum absolute atomic E-state index is 0.0250. The molecule has 0 saturated carbocycles. The van der Waals surface area contributed by atoms with Crippen molar-refractivity contribution >= 4 is 29.6 Å². The van der Waals surface area contributed by atoms with Gasteiger partial charge in [-0.2, -0.15) is 0 Å². The summed E-state index contributed by atoms with van der Waals surface area (Å²) in [5.74, 6) is -1.57. The number of rotatable bonds is 8. The number of hydrogen-bond acceptors (Lipinski definition) is 7. The van der Waals surface area contributed by atoms with E-state index in [0.29, 0.717) is 29.5 Å². The second-order valence-electron chi connectivity index (χ2n) is 5.83. The Kier molecular flexibility index (Phi) is 7.30. The number of esters is 1. The van der Waals surface area contributed by atoms with Crippen molar-refractivity contribution in [3.8, 4) is 0 Å². The molecule has 0 aliphatic carbocycles.